The molecule has 0 aliphatic carbocycles. The standard InChI is InChI=1S/C14H22N6O/c1-5-6-21-14-12(15)13(17-8-18-14)16-7-11-9(2)19-20(4)10(11)3/h8H,5-7,15H2,1-4H3,(H,16,17,18). The third-order valence-corrected chi connectivity index (χ3v) is 3.38. The van der Waals surface area contributed by atoms with E-state index in [1.807, 2.05) is 32.5 Å². The van der Waals surface area contributed by atoms with E-state index in [9.17, 15) is 0 Å². The van der Waals surface area contributed by atoms with E-state index in [-0.39, 0.29) is 0 Å². The highest BCUT2D eigenvalue weighted by Crippen LogP contribution is 2.25. The molecule has 2 rings (SSSR count). The Morgan fingerprint density at radius 1 is 1.33 bits per heavy atom. The summed E-state index contributed by atoms with van der Waals surface area (Å²) < 4.78 is 7.36. The van der Waals surface area contributed by atoms with Gasteiger partial charge >= 0.3 is 0 Å². The average molecular weight is 290 g/mol. The molecule has 2 aromatic rings. The van der Waals surface area contributed by atoms with Crippen LogP contribution in [0.25, 0.3) is 0 Å². The van der Waals surface area contributed by atoms with Crippen LogP contribution in [0, 0.1) is 13.8 Å². The number of hydrogen-bond acceptors (Lipinski definition) is 6. The topological polar surface area (TPSA) is 90.9 Å². The molecule has 3 N–H and O–H groups in total. The minimum Gasteiger partial charge on any atom is -0.476 e. The number of nitrogens with zero attached hydrogens (tertiary/aromatic N) is 4. The normalized spacial score (nSPS) is 10.7. The highest BCUT2D eigenvalue weighted by atomic mass is 16.5. The summed E-state index contributed by atoms with van der Waals surface area (Å²) in [6.07, 6.45) is 2.35. The molecule has 7 nitrogen and oxygen atoms in total. The van der Waals surface area contributed by atoms with Crippen molar-refractivity contribution in [2.75, 3.05) is 17.7 Å². The molecule has 0 aliphatic rings. The zero-order valence-electron chi connectivity index (χ0n) is 13.0. The molecule has 0 bridgehead atoms. The maximum atomic E-state index is 6.04. The summed E-state index contributed by atoms with van der Waals surface area (Å²) in [5.74, 6) is 1.01. The fourth-order valence-electron chi connectivity index (χ4n) is 2.08. The quantitative estimate of drug-likeness (QED) is 0.843. The van der Waals surface area contributed by atoms with Gasteiger partial charge in [-0.25, -0.2) is 4.98 Å². The van der Waals surface area contributed by atoms with Crippen LogP contribution in [0.4, 0.5) is 11.5 Å². The van der Waals surface area contributed by atoms with Crippen LogP contribution in [-0.4, -0.2) is 26.4 Å². The molecular formula is C14H22N6O. The van der Waals surface area contributed by atoms with Gasteiger partial charge in [-0.05, 0) is 20.3 Å². The van der Waals surface area contributed by atoms with Gasteiger partial charge in [-0.2, -0.15) is 10.1 Å². The molecule has 2 heterocycles. The van der Waals surface area contributed by atoms with E-state index >= 15 is 0 Å². The van der Waals surface area contributed by atoms with E-state index in [2.05, 4.69) is 20.4 Å². The van der Waals surface area contributed by atoms with E-state index in [0.29, 0.717) is 30.5 Å². The van der Waals surface area contributed by atoms with E-state index in [4.69, 9.17) is 10.5 Å². The van der Waals surface area contributed by atoms with Crippen LogP contribution in [0.1, 0.15) is 30.3 Å². The Balaban J connectivity index is 2.13. The highest BCUT2D eigenvalue weighted by Gasteiger charge is 2.12. The third kappa shape index (κ3) is 3.24. The summed E-state index contributed by atoms with van der Waals surface area (Å²) in [5.41, 5.74) is 9.73. The minimum atomic E-state index is 0.425. The van der Waals surface area contributed by atoms with Crippen LogP contribution >= 0.6 is 0 Å². The molecule has 0 spiro atoms. The lowest BCUT2D eigenvalue weighted by molar-refractivity contribution is 0.306. The number of nitrogens with two attached hydrogens (primary N) is 1. The monoisotopic (exact) mass is 290 g/mol. The molecule has 114 valence electrons. The van der Waals surface area contributed by atoms with Gasteiger partial charge in [0.1, 0.15) is 12.0 Å². The number of aryl methyl sites for hydroxylation is 2. The molecule has 7 heteroatoms. The van der Waals surface area contributed by atoms with E-state index < -0.39 is 0 Å². The molecular weight excluding hydrogens is 268 g/mol. The van der Waals surface area contributed by atoms with Crippen molar-refractivity contribution in [3.05, 3.63) is 23.3 Å². The number of anilines is 2. The maximum absolute atomic E-state index is 6.04. The zero-order valence-corrected chi connectivity index (χ0v) is 13.0. The Morgan fingerprint density at radius 2 is 2.10 bits per heavy atom. The van der Waals surface area contributed by atoms with Gasteiger partial charge in [0, 0.05) is 24.8 Å². The highest BCUT2D eigenvalue weighted by molar-refractivity contribution is 5.66. The smallest absolute Gasteiger partial charge is 0.242 e. The van der Waals surface area contributed by atoms with E-state index in [1.165, 1.54) is 6.33 Å². The lowest BCUT2D eigenvalue weighted by Crippen LogP contribution is -2.09. The van der Waals surface area contributed by atoms with Gasteiger partial charge in [-0.1, -0.05) is 6.92 Å². The van der Waals surface area contributed by atoms with Gasteiger partial charge in [0.25, 0.3) is 0 Å². The van der Waals surface area contributed by atoms with Crippen molar-refractivity contribution in [3.8, 4) is 5.88 Å². The first-order chi connectivity index (χ1) is 10.0. The van der Waals surface area contributed by atoms with Crippen molar-refractivity contribution in [2.45, 2.75) is 33.7 Å². The van der Waals surface area contributed by atoms with Gasteiger partial charge in [0.2, 0.25) is 5.88 Å². The van der Waals surface area contributed by atoms with Crippen LogP contribution in [0.5, 0.6) is 5.88 Å². The van der Waals surface area contributed by atoms with Crippen molar-refractivity contribution in [1.29, 1.82) is 0 Å². The second-order valence-electron chi connectivity index (χ2n) is 4.92. The summed E-state index contributed by atoms with van der Waals surface area (Å²) >= 11 is 0. The van der Waals surface area contributed by atoms with Crippen LogP contribution in [0.3, 0.4) is 0 Å². The molecule has 0 aliphatic heterocycles. The maximum Gasteiger partial charge on any atom is 0.242 e. The molecule has 2 aromatic heterocycles. The predicted octanol–water partition coefficient (Wildman–Crippen LogP) is 1.81. The lowest BCUT2D eigenvalue weighted by atomic mass is 10.2. The Bertz CT molecular complexity index is 622. The summed E-state index contributed by atoms with van der Waals surface area (Å²) in [5, 5.41) is 7.62. The molecule has 0 saturated carbocycles. The first kappa shape index (κ1) is 15.1. The van der Waals surface area contributed by atoms with Gasteiger partial charge in [-0.15, -0.1) is 0 Å². The largest absolute Gasteiger partial charge is 0.476 e. The van der Waals surface area contributed by atoms with Crippen molar-refractivity contribution < 1.29 is 4.74 Å². The summed E-state index contributed by atoms with van der Waals surface area (Å²) in [6.45, 7) is 7.26. The van der Waals surface area contributed by atoms with Crippen LogP contribution < -0.4 is 15.8 Å². The van der Waals surface area contributed by atoms with E-state index in [0.717, 1.165) is 23.4 Å². The first-order valence-corrected chi connectivity index (χ1v) is 7.00. The number of nitrogen functional groups attached to an aromatic ring is 1. The van der Waals surface area contributed by atoms with Crippen molar-refractivity contribution in [3.63, 3.8) is 0 Å². The number of rotatable bonds is 6. The van der Waals surface area contributed by atoms with Crippen LogP contribution in [0.15, 0.2) is 6.33 Å². The lowest BCUT2D eigenvalue weighted by Gasteiger charge is -2.11. The number of ether oxygens (including phenoxy) is 1. The number of hydrogen-bond donors (Lipinski definition) is 2. The molecule has 0 amide bonds. The van der Waals surface area contributed by atoms with Crippen molar-refractivity contribution in [2.24, 2.45) is 7.05 Å². The Labute approximate surface area is 124 Å². The molecule has 0 saturated heterocycles. The van der Waals surface area contributed by atoms with Gasteiger partial charge in [0.05, 0.1) is 12.3 Å². The van der Waals surface area contributed by atoms with E-state index in [1.54, 1.807) is 0 Å². The Hall–Kier alpha value is -2.31. The molecule has 0 fully saturated rings. The summed E-state index contributed by atoms with van der Waals surface area (Å²) in [6, 6.07) is 0. The number of aromatic nitrogens is 4. The van der Waals surface area contributed by atoms with Gasteiger partial charge < -0.3 is 15.8 Å². The molecule has 0 aromatic carbocycles. The summed E-state index contributed by atoms with van der Waals surface area (Å²) in [4.78, 5) is 8.23. The molecule has 0 atom stereocenters. The van der Waals surface area contributed by atoms with Crippen LogP contribution in [0.2, 0.25) is 0 Å². The first-order valence-electron chi connectivity index (χ1n) is 7.00. The Morgan fingerprint density at radius 3 is 2.71 bits per heavy atom. The zero-order chi connectivity index (χ0) is 15.4. The summed E-state index contributed by atoms with van der Waals surface area (Å²) in [7, 11) is 1.93. The SMILES string of the molecule is CCCOc1ncnc(NCc2c(C)nn(C)c2C)c1N. The Kier molecular flexibility index (Phi) is 4.62. The van der Waals surface area contributed by atoms with Crippen molar-refractivity contribution in [1.82, 2.24) is 19.7 Å². The van der Waals surface area contributed by atoms with Crippen molar-refractivity contribution >= 4 is 11.5 Å². The second kappa shape index (κ2) is 6.43. The number of nitrogens with one attached hydrogen (secondary N) is 1. The van der Waals surface area contributed by atoms with Gasteiger partial charge in [0.15, 0.2) is 5.82 Å². The second-order valence-corrected chi connectivity index (χ2v) is 4.92. The molecule has 0 unspecified atom stereocenters. The van der Waals surface area contributed by atoms with Gasteiger partial charge in [-0.3, -0.25) is 4.68 Å². The molecule has 0 radical (unpaired) electrons. The predicted molar refractivity (Wildman–Crippen MR) is 82.2 cm³/mol. The fraction of sp³-hybridized carbons (Fsp3) is 0.500. The third-order valence-electron chi connectivity index (χ3n) is 3.38. The average Bonchev–Trinajstić information content (AvgIpc) is 2.70. The van der Waals surface area contributed by atoms with Crippen LogP contribution in [-0.2, 0) is 13.6 Å². The molecule has 21 heavy (non-hydrogen) atoms. The minimum absolute atomic E-state index is 0.425. The fourth-order valence-corrected chi connectivity index (χ4v) is 2.08.